The lowest BCUT2D eigenvalue weighted by atomic mass is 10.2. The summed E-state index contributed by atoms with van der Waals surface area (Å²) < 4.78 is 11.0. The van der Waals surface area contributed by atoms with Crippen molar-refractivity contribution in [1.82, 2.24) is 4.98 Å². The third-order valence-electron chi connectivity index (χ3n) is 3.40. The maximum Gasteiger partial charge on any atom is 0.337 e. The highest BCUT2D eigenvalue weighted by molar-refractivity contribution is 7.22. The molecule has 128 valence electrons. The number of benzene rings is 2. The van der Waals surface area contributed by atoms with Gasteiger partial charge in [0.15, 0.2) is 5.13 Å². The smallest absolute Gasteiger partial charge is 0.337 e. The number of hydrogen-bond donors (Lipinski definition) is 1. The van der Waals surface area contributed by atoms with Gasteiger partial charge in [0.05, 0.1) is 35.9 Å². The van der Waals surface area contributed by atoms with E-state index < -0.39 is 5.97 Å². The number of para-hydroxylation sites is 1. The van der Waals surface area contributed by atoms with Crippen molar-refractivity contribution in [3.63, 3.8) is 0 Å². The van der Waals surface area contributed by atoms with Gasteiger partial charge in [-0.3, -0.25) is 4.79 Å². The molecule has 1 N–H and O–H groups in total. The van der Waals surface area contributed by atoms with Crippen LogP contribution in [0.25, 0.3) is 10.2 Å². The summed E-state index contributed by atoms with van der Waals surface area (Å²) >= 11 is 1.31. The Labute approximate surface area is 148 Å². The monoisotopic (exact) mass is 356 g/mol. The Bertz CT molecular complexity index is 892. The average molecular weight is 356 g/mol. The molecule has 2 aromatic carbocycles. The fourth-order valence-corrected chi connectivity index (χ4v) is 3.10. The first kappa shape index (κ1) is 16.9. The molecule has 1 aromatic heterocycles. The third kappa shape index (κ3) is 4.33. The van der Waals surface area contributed by atoms with Gasteiger partial charge in [0, 0.05) is 0 Å². The predicted octanol–water partition coefficient (Wildman–Crippen LogP) is 3.49. The van der Waals surface area contributed by atoms with Crippen molar-refractivity contribution in [2.75, 3.05) is 19.0 Å². The fraction of sp³-hybridized carbons (Fsp3) is 0.167. The van der Waals surface area contributed by atoms with E-state index >= 15 is 0 Å². The molecule has 0 radical (unpaired) electrons. The number of anilines is 1. The third-order valence-corrected chi connectivity index (χ3v) is 4.33. The van der Waals surface area contributed by atoms with Crippen LogP contribution >= 0.6 is 11.3 Å². The van der Waals surface area contributed by atoms with Crippen molar-refractivity contribution in [2.24, 2.45) is 0 Å². The number of nitrogens with zero attached hydrogens (tertiary/aromatic N) is 1. The fourth-order valence-electron chi connectivity index (χ4n) is 2.18. The molecule has 0 spiro atoms. The number of rotatable bonds is 6. The number of aromatic nitrogens is 1. The van der Waals surface area contributed by atoms with Gasteiger partial charge >= 0.3 is 5.97 Å². The minimum absolute atomic E-state index is 0.178. The van der Waals surface area contributed by atoms with Gasteiger partial charge in [-0.05, 0) is 30.3 Å². The van der Waals surface area contributed by atoms with Gasteiger partial charge in [0.25, 0.3) is 0 Å². The van der Waals surface area contributed by atoms with Gasteiger partial charge in [-0.1, -0.05) is 29.5 Å². The van der Waals surface area contributed by atoms with Crippen LogP contribution < -0.4 is 10.1 Å². The van der Waals surface area contributed by atoms with Crippen molar-refractivity contribution in [3.05, 3.63) is 54.1 Å². The van der Waals surface area contributed by atoms with Crippen LogP contribution in [0, 0.1) is 0 Å². The SMILES string of the molecule is COC(=O)c1ccc2nc(NC(=O)CCOc3ccccc3)sc2c1. The molecule has 0 saturated heterocycles. The maximum absolute atomic E-state index is 12.0. The molecule has 0 fully saturated rings. The Morgan fingerprint density at radius 2 is 1.96 bits per heavy atom. The Hall–Kier alpha value is -2.93. The summed E-state index contributed by atoms with van der Waals surface area (Å²) in [7, 11) is 1.34. The second-order valence-electron chi connectivity index (χ2n) is 5.15. The van der Waals surface area contributed by atoms with Crippen LogP contribution in [-0.2, 0) is 9.53 Å². The van der Waals surface area contributed by atoms with Gasteiger partial charge in [-0.25, -0.2) is 9.78 Å². The molecule has 0 aliphatic rings. The van der Waals surface area contributed by atoms with Crippen LogP contribution in [-0.4, -0.2) is 30.6 Å². The summed E-state index contributed by atoms with van der Waals surface area (Å²) in [6, 6.07) is 14.4. The molecule has 6 nitrogen and oxygen atoms in total. The molecule has 1 amide bonds. The summed E-state index contributed by atoms with van der Waals surface area (Å²) in [5.41, 5.74) is 1.17. The number of nitrogens with one attached hydrogen (secondary N) is 1. The first-order chi connectivity index (χ1) is 12.2. The normalized spacial score (nSPS) is 10.4. The van der Waals surface area contributed by atoms with Crippen LogP contribution in [0.5, 0.6) is 5.75 Å². The molecule has 0 aliphatic heterocycles. The van der Waals surface area contributed by atoms with Crippen molar-refractivity contribution < 1.29 is 19.1 Å². The van der Waals surface area contributed by atoms with Crippen LogP contribution in [0.2, 0.25) is 0 Å². The molecule has 0 aliphatic carbocycles. The van der Waals surface area contributed by atoms with E-state index in [4.69, 9.17) is 9.47 Å². The van der Waals surface area contributed by atoms with E-state index in [1.54, 1.807) is 18.2 Å². The minimum atomic E-state index is -0.404. The number of carbonyl (C=O) groups excluding carboxylic acids is 2. The second kappa shape index (κ2) is 7.76. The van der Waals surface area contributed by atoms with Crippen LogP contribution in [0.4, 0.5) is 5.13 Å². The van der Waals surface area contributed by atoms with Crippen molar-refractivity contribution in [3.8, 4) is 5.75 Å². The Balaban J connectivity index is 1.58. The van der Waals surface area contributed by atoms with Gasteiger partial charge in [0.1, 0.15) is 5.75 Å². The number of esters is 1. The number of fused-ring (bicyclic) bond motifs is 1. The highest BCUT2D eigenvalue weighted by atomic mass is 32.1. The van der Waals surface area contributed by atoms with Gasteiger partial charge in [0.2, 0.25) is 5.91 Å². The zero-order chi connectivity index (χ0) is 17.6. The molecule has 3 rings (SSSR count). The zero-order valence-electron chi connectivity index (χ0n) is 13.5. The van der Waals surface area contributed by atoms with Crippen molar-refractivity contribution in [1.29, 1.82) is 0 Å². The lowest BCUT2D eigenvalue weighted by Crippen LogP contribution is -2.14. The second-order valence-corrected chi connectivity index (χ2v) is 6.18. The number of ether oxygens (including phenoxy) is 2. The van der Waals surface area contributed by atoms with E-state index in [0.29, 0.717) is 16.2 Å². The summed E-state index contributed by atoms with van der Waals surface area (Å²) in [6.45, 7) is 0.285. The molecule has 0 saturated carbocycles. The number of carbonyl (C=O) groups is 2. The van der Waals surface area contributed by atoms with Gasteiger partial charge < -0.3 is 14.8 Å². The van der Waals surface area contributed by atoms with Crippen LogP contribution in [0.3, 0.4) is 0 Å². The number of amides is 1. The van der Waals surface area contributed by atoms with Crippen LogP contribution in [0.15, 0.2) is 48.5 Å². The minimum Gasteiger partial charge on any atom is -0.493 e. The lowest BCUT2D eigenvalue weighted by molar-refractivity contribution is -0.116. The molecule has 25 heavy (non-hydrogen) atoms. The number of hydrogen-bond acceptors (Lipinski definition) is 6. The predicted molar refractivity (Wildman–Crippen MR) is 96.1 cm³/mol. The molecule has 7 heteroatoms. The summed E-state index contributed by atoms with van der Waals surface area (Å²) in [4.78, 5) is 27.9. The molecule has 0 bridgehead atoms. The summed E-state index contributed by atoms with van der Waals surface area (Å²) in [5, 5.41) is 3.24. The van der Waals surface area contributed by atoms with Crippen molar-refractivity contribution >= 4 is 38.6 Å². The lowest BCUT2D eigenvalue weighted by Gasteiger charge is -2.05. The molecule has 0 unspecified atom stereocenters. The van der Waals surface area contributed by atoms with E-state index in [2.05, 4.69) is 10.3 Å². The Kier molecular flexibility index (Phi) is 5.25. The van der Waals surface area contributed by atoms with Gasteiger partial charge in [-0.2, -0.15) is 0 Å². The Morgan fingerprint density at radius 1 is 1.16 bits per heavy atom. The quantitative estimate of drug-likeness (QED) is 0.684. The summed E-state index contributed by atoms with van der Waals surface area (Å²) in [6.07, 6.45) is 0.220. The highest BCUT2D eigenvalue weighted by Crippen LogP contribution is 2.27. The number of methoxy groups -OCH3 is 1. The van der Waals surface area contributed by atoms with Gasteiger partial charge in [-0.15, -0.1) is 0 Å². The average Bonchev–Trinajstić information content (AvgIpc) is 3.03. The molecular formula is C18H16N2O4S. The maximum atomic E-state index is 12.0. The molecule has 1 heterocycles. The molecular weight excluding hydrogens is 340 g/mol. The standard InChI is InChI=1S/C18H16N2O4S/c1-23-17(22)12-7-8-14-15(11-12)25-18(19-14)20-16(21)9-10-24-13-5-3-2-4-6-13/h2-8,11H,9-10H2,1H3,(H,19,20,21). The van der Waals surface area contributed by atoms with Crippen LogP contribution in [0.1, 0.15) is 16.8 Å². The molecule has 0 atom stereocenters. The molecule has 3 aromatic rings. The first-order valence-electron chi connectivity index (χ1n) is 7.62. The number of thiazole rings is 1. The van der Waals surface area contributed by atoms with E-state index in [0.717, 1.165) is 10.4 Å². The zero-order valence-corrected chi connectivity index (χ0v) is 14.3. The first-order valence-corrected chi connectivity index (χ1v) is 8.44. The van der Waals surface area contributed by atoms with E-state index in [1.165, 1.54) is 18.4 Å². The topological polar surface area (TPSA) is 77.5 Å². The Morgan fingerprint density at radius 3 is 2.72 bits per heavy atom. The largest absolute Gasteiger partial charge is 0.493 e. The van der Waals surface area contributed by atoms with E-state index in [1.807, 2.05) is 30.3 Å². The van der Waals surface area contributed by atoms with Crippen molar-refractivity contribution in [2.45, 2.75) is 6.42 Å². The highest BCUT2D eigenvalue weighted by Gasteiger charge is 2.11. The van der Waals surface area contributed by atoms with E-state index in [-0.39, 0.29) is 18.9 Å². The van der Waals surface area contributed by atoms with E-state index in [9.17, 15) is 9.59 Å². The summed E-state index contributed by atoms with van der Waals surface area (Å²) in [5.74, 6) is 0.146.